The summed E-state index contributed by atoms with van der Waals surface area (Å²) in [6.07, 6.45) is 0. The predicted octanol–water partition coefficient (Wildman–Crippen LogP) is 2.68. The Kier molecular flexibility index (Phi) is 12.6. The molecule has 0 saturated carbocycles. The summed E-state index contributed by atoms with van der Waals surface area (Å²) < 4.78 is 9.88. The van der Waals surface area contributed by atoms with Gasteiger partial charge in [0.2, 0.25) is 0 Å². The van der Waals surface area contributed by atoms with Crippen LogP contribution in [0.25, 0.3) is 0 Å². The number of ether oxygens (including phenoxy) is 2. The zero-order valence-electron chi connectivity index (χ0n) is 10.9. The first-order chi connectivity index (χ1) is 6.12. The molecule has 88 valence electrons. The molecule has 0 atom stereocenters. The van der Waals surface area contributed by atoms with Crippen LogP contribution in [0.4, 0.5) is 0 Å². The van der Waals surface area contributed by atoms with Gasteiger partial charge in [0.15, 0.2) is 0 Å². The van der Waals surface area contributed by atoms with Crippen LogP contribution in [0.5, 0.6) is 0 Å². The molecule has 0 rings (SSSR count). The van der Waals surface area contributed by atoms with Crippen LogP contribution in [-0.4, -0.2) is 32.2 Å². The molecule has 0 aromatic carbocycles. The second kappa shape index (κ2) is 9.16. The highest BCUT2D eigenvalue weighted by Crippen LogP contribution is 2.02. The number of rotatable bonds is 0. The zero-order valence-corrected chi connectivity index (χ0v) is 10.9. The normalized spacial score (nSPS) is 10.6. The molecule has 0 aliphatic heterocycles. The molecular formula is C11H26O3. The molecule has 0 fully saturated rings. The fourth-order valence-corrected chi connectivity index (χ4v) is 0. The van der Waals surface area contributed by atoms with Gasteiger partial charge in [0.1, 0.15) is 6.79 Å². The summed E-state index contributed by atoms with van der Waals surface area (Å²) in [7, 11) is 3.42. The molecule has 0 unspecified atom stereocenters. The molecule has 0 heterocycles. The monoisotopic (exact) mass is 206 g/mol. The van der Waals surface area contributed by atoms with Crippen molar-refractivity contribution in [2.45, 2.75) is 52.7 Å². The van der Waals surface area contributed by atoms with Crippen LogP contribution < -0.4 is 0 Å². The minimum atomic E-state index is 0.0417. The van der Waals surface area contributed by atoms with Crippen molar-refractivity contribution < 1.29 is 14.3 Å². The topological polar surface area (TPSA) is 35.5 Å². The maximum Gasteiger partial charge on any atom is 0.106 e. The Morgan fingerprint density at radius 2 is 0.786 bits per heavy atom. The van der Waals surface area contributed by atoms with Crippen LogP contribution in [-0.2, 0) is 14.3 Å². The maximum atomic E-state index is 8.00. The molecule has 0 N–H and O–H groups in total. The quantitative estimate of drug-likeness (QED) is 0.611. The average Bonchev–Trinajstić information content (AvgIpc) is 2.07. The minimum absolute atomic E-state index is 0.0417. The molecular weight excluding hydrogens is 180 g/mol. The molecule has 0 saturated heterocycles. The van der Waals surface area contributed by atoms with Crippen molar-refractivity contribution in [3.05, 3.63) is 0 Å². The second-order valence-electron chi connectivity index (χ2n) is 4.63. The maximum absolute atomic E-state index is 8.00. The molecule has 3 nitrogen and oxygen atoms in total. The van der Waals surface area contributed by atoms with Gasteiger partial charge in [0.25, 0.3) is 0 Å². The molecule has 14 heavy (non-hydrogen) atoms. The van der Waals surface area contributed by atoms with Gasteiger partial charge in [-0.1, -0.05) is 0 Å². The lowest BCUT2D eigenvalue weighted by Gasteiger charge is -2.14. The van der Waals surface area contributed by atoms with Crippen molar-refractivity contribution in [1.82, 2.24) is 0 Å². The highest BCUT2D eigenvalue weighted by Gasteiger charge is 2.04. The van der Waals surface area contributed by atoms with Crippen molar-refractivity contribution >= 4 is 6.79 Å². The molecule has 0 bridgehead atoms. The third-order valence-electron chi connectivity index (χ3n) is 1.22. The van der Waals surface area contributed by atoms with E-state index in [2.05, 4.69) is 0 Å². The van der Waals surface area contributed by atoms with Crippen LogP contribution in [0.3, 0.4) is 0 Å². The van der Waals surface area contributed by atoms with E-state index < -0.39 is 0 Å². The Balaban J connectivity index is -0.000000147. The smallest absolute Gasteiger partial charge is 0.106 e. The third-order valence-corrected chi connectivity index (χ3v) is 1.22. The van der Waals surface area contributed by atoms with Gasteiger partial charge >= 0.3 is 0 Å². The number of hydrogen-bond donors (Lipinski definition) is 0. The molecule has 0 aromatic heterocycles. The van der Waals surface area contributed by atoms with Gasteiger partial charge in [-0.05, 0) is 41.5 Å². The molecule has 0 aromatic rings. The molecule has 0 aliphatic carbocycles. The van der Waals surface area contributed by atoms with Crippen LogP contribution in [0, 0.1) is 0 Å². The summed E-state index contributed by atoms with van der Waals surface area (Å²) >= 11 is 0. The van der Waals surface area contributed by atoms with Gasteiger partial charge in [-0.15, -0.1) is 0 Å². The standard InChI is InChI=1S/2C5H12O.CH2O/c2*1-5(2,3)6-4;1-2/h2*1-4H3;1H2. The lowest BCUT2D eigenvalue weighted by molar-refractivity contribution is -0.0979. The molecule has 0 aliphatic rings. The fraction of sp³-hybridized carbons (Fsp3) is 0.909. The molecule has 0 spiro atoms. The fourth-order valence-electron chi connectivity index (χ4n) is 0. The zero-order chi connectivity index (χ0) is 12.4. The largest absolute Gasteiger partial charge is 0.379 e. The average molecular weight is 206 g/mol. The summed E-state index contributed by atoms with van der Waals surface area (Å²) in [4.78, 5) is 8.00. The van der Waals surface area contributed by atoms with Crippen LogP contribution in [0.15, 0.2) is 0 Å². The van der Waals surface area contributed by atoms with Crippen molar-refractivity contribution in [2.24, 2.45) is 0 Å². The van der Waals surface area contributed by atoms with E-state index in [0.717, 1.165) is 0 Å². The van der Waals surface area contributed by atoms with Gasteiger partial charge in [-0.25, -0.2) is 0 Å². The Bertz CT molecular complexity index is 94.7. The van der Waals surface area contributed by atoms with E-state index in [1.165, 1.54) is 0 Å². The van der Waals surface area contributed by atoms with E-state index in [4.69, 9.17) is 14.3 Å². The first kappa shape index (κ1) is 19.2. The highest BCUT2D eigenvalue weighted by molar-refractivity contribution is 5.10. The predicted molar refractivity (Wildman–Crippen MR) is 60.6 cm³/mol. The number of hydrogen-bond acceptors (Lipinski definition) is 3. The lowest BCUT2D eigenvalue weighted by Crippen LogP contribution is -2.15. The summed E-state index contributed by atoms with van der Waals surface area (Å²) in [6, 6.07) is 0. The van der Waals surface area contributed by atoms with Gasteiger partial charge in [0.05, 0.1) is 11.2 Å². The van der Waals surface area contributed by atoms with Crippen molar-refractivity contribution in [2.75, 3.05) is 14.2 Å². The third kappa shape index (κ3) is 41.6. The van der Waals surface area contributed by atoms with E-state index in [1.54, 1.807) is 14.2 Å². The van der Waals surface area contributed by atoms with Crippen LogP contribution in [0.2, 0.25) is 0 Å². The van der Waals surface area contributed by atoms with Crippen molar-refractivity contribution in [1.29, 1.82) is 0 Å². The SMILES string of the molecule is C=O.COC(C)(C)C.COC(C)(C)C. The van der Waals surface area contributed by atoms with E-state index in [1.807, 2.05) is 48.3 Å². The highest BCUT2D eigenvalue weighted by atomic mass is 16.5. The van der Waals surface area contributed by atoms with Gasteiger partial charge < -0.3 is 14.3 Å². The Hall–Kier alpha value is -0.410. The van der Waals surface area contributed by atoms with E-state index in [0.29, 0.717) is 0 Å². The summed E-state index contributed by atoms with van der Waals surface area (Å²) in [5.74, 6) is 0. The van der Waals surface area contributed by atoms with E-state index in [-0.39, 0.29) is 11.2 Å². The van der Waals surface area contributed by atoms with Gasteiger partial charge in [0, 0.05) is 14.2 Å². The lowest BCUT2D eigenvalue weighted by atomic mass is 10.2. The molecule has 0 radical (unpaired) electrons. The Morgan fingerprint density at radius 3 is 0.786 bits per heavy atom. The molecule has 3 heteroatoms. The van der Waals surface area contributed by atoms with Crippen LogP contribution in [0.1, 0.15) is 41.5 Å². The van der Waals surface area contributed by atoms with Gasteiger partial charge in [-0.2, -0.15) is 0 Å². The van der Waals surface area contributed by atoms with Crippen molar-refractivity contribution in [3.63, 3.8) is 0 Å². The second-order valence-corrected chi connectivity index (χ2v) is 4.63. The minimum Gasteiger partial charge on any atom is -0.379 e. The number of carbonyl (C=O) groups excluding carboxylic acids is 1. The number of methoxy groups -OCH3 is 2. The number of carbonyl (C=O) groups is 1. The van der Waals surface area contributed by atoms with Crippen molar-refractivity contribution in [3.8, 4) is 0 Å². The first-order valence-corrected chi connectivity index (χ1v) is 4.51. The Labute approximate surface area is 88.8 Å². The summed E-state index contributed by atoms with van der Waals surface area (Å²) in [5, 5.41) is 0. The van der Waals surface area contributed by atoms with E-state index >= 15 is 0 Å². The van der Waals surface area contributed by atoms with E-state index in [9.17, 15) is 0 Å². The van der Waals surface area contributed by atoms with Crippen LogP contribution >= 0.6 is 0 Å². The first-order valence-electron chi connectivity index (χ1n) is 4.51. The molecule has 0 amide bonds. The van der Waals surface area contributed by atoms with Gasteiger partial charge in [-0.3, -0.25) is 0 Å². The summed E-state index contributed by atoms with van der Waals surface area (Å²) in [5.41, 5.74) is 0.0833. The Morgan fingerprint density at radius 1 is 0.714 bits per heavy atom. The summed E-state index contributed by atoms with van der Waals surface area (Å²) in [6.45, 7) is 14.1.